The molecule has 0 fully saturated rings. The summed E-state index contributed by atoms with van der Waals surface area (Å²) in [7, 11) is 0. The first-order valence-electron chi connectivity index (χ1n) is 9.90. The van der Waals surface area contributed by atoms with Crippen LogP contribution in [0.2, 0.25) is 0 Å². The molecule has 3 aromatic heterocycles. The van der Waals surface area contributed by atoms with Gasteiger partial charge in [0.25, 0.3) is 5.91 Å². The van der Waals surface area contributed by atoms with Gasteiger partial charge in [-0.2, -0.15) is 26.3 Å². The molecule has 2 N–H and O–H groups in total. The van der Waals surface area contributed by atoms with Crippen LogP contribution in [0.4, 0.5) is 26.3 Å². The maximum atomic E-state index is 13.3. The Hall–Kier alpha value is -3.89. The molecule has 0 saturated heterocycles. The fraction of sp³-hybridized carbons (Fsp3) is 0.174. The Morgan fingerprint density at radius 2 is 1.74 bits per heavy atom. The topological polar surface area (TPSA) is 70.7 Å². The Kier molecular flexibility index (Phi) is 5.80. The second-order valence-corrected chi connectivity index (χ2v) is 7.54. The standard InChI is InChI=1S/C23H16F6N4O/c1-12-16(3-2-6-30-12)17-8-13(7-15-9-19(23(27,28)29)33-20(15)17)10-32-21(34)14-4-5-18(31-11-14)22(24,25)26/h2-9,11,33H,10H2,1H3,(H,32,34). The number of aromatic amines is 1. The van der Waals surface area contributed by atoms with Gasteiger partial charge in [0.15, 0.2) is 0 Å². The molecule has 3 heterocycles. The number of carbonyl (C=O) groups is 1. The number of nitrogens with one attached hydrogen (secondary N) is 2. The van der Waals surface area contributed by atoms with Gasteiger partial charge in [0.2, 0.25) is 0 Å². The van der Waals surface area contributed by atoms with Crippen LogP contribution < -0.4 is 5.32 Å². The van der Waals surface area contributed by atoms with Gasteiger partial charge in [0.05, 0.1) is 11.1 Å². The molecule has 0 radical (unpaired) electrons. The van der Waals surface area contributed by atoms with Crippen LogP contribution in [0.3, 0.4) is 0 Å². The molecular formula is C23H16F6N4O. The molecule has 1 aromatic carbocycles. The molecule has 4 aromatic rings. The lowest BCUT2D eigenvalue weighted by atomic mass is 9.99. The molecule has 1 amide bonds. The maximum Gasteiger partial charge on any atom is 0.433 e. The van der Waals surface area contributed by atoms with Gasteiger partial charge in [-0.15, -0.1) is 0 Å². The van der Waals surface area contributed by atoms with E-state index in [0.29, 0.717) is 28.5 Å². The summed E-state index contributed by atoms with van der Waals surface area (Å²) in [5.74, 6) is -0.675. The van der Waals surface area contributed by atoms with Crippen LogP contribution >= 0.6 is 0 Å². The van der Waals surface area contributed by atoms with Crippen molar-refractivity contribution in [2.24, 2.45) is 0 Å². The fourth-order valence-electron chi connectivity index (χ4n) is 3.52. The second kappa shape index (κ2) is 8.47. The number of pyridine rings is 2. The highest BCUT2D eigenvalue weighted by atomic mass is 19.4. The number of rotatable bonds is 4. The molecular weight excluding hydrogens is 462 g/mol. The molecule has 0 aliphatic carbocycles. The minimum atomic E-state index is -4.63. The van der Waals surface area contributed by atoms with Crippen molar-refractivity contribution in [2.75, 3.05) is 0 Å². The zero-order valence-corrected chi connectivity index (χ0v) is 17.5. The number of hydrogen-bond acceptors (Lipinski definition) is 3. The number of H-pyrrole nitrogens is 1. The second-order valence-electron chi connectivity index (χ2n) is 7.54. The first-order chi connectivity index (χ1) is 15.9. The third-order valence-corrected chi connectivity index (χ3v) is 5.16. The van der Waals surface area contributed by atoms with E-state index in [4.69, 9.17) is 0 Å². The summed E-state index contributed by atoms with van der Waals surface area (Å²) < 4.78 is 77.9. The summed E-state index contributed by atoms with van der Waals surface area (Å²) in [4.78, 5) is 22.3. The van der Waals surface area contributed by atoms with Crippen LogP contribution in [0, 0.1) is 6.92 Å². The van der Waals surface area contributed by atoms with Crippen LogP contribution in [0.25, 0.3) is 22.0 Å². The molecule has 0 spiro atoms. The van der Waals surface area contributed by atoms with Gasteiger partial charge >= 0.3 is 12.4 Å². The number of aromatic nitrogens is 3. The van der Waals surface area contributed by atoms with Gasteiger partial charge in [-0.1, -0.05) is 6.07 Å². The molecule has 0 aliphatic heterocycles. The third-order valence-electron chi connectivity index (χ3n) is 5.16. The molecule has 34 heavy (non-hydrogen) atoms. The lowest BCUT2D eigenvalue weighted by Crippen LogP contribution is -2.23. The minimum Gasteiger partial charge on any atom is -0.351 e. The van der Waals surface area contributed by atoms with Crippen molar-refractivity contribution < 1.29 is 31.1 Å². The van der Waals surface area contributed by atoms with E-state index in [0.717, 1.165) is 18.3 Å². The van der Waals surface area contributed by atoms with Gasteiger partial charge in [-0.05, 0) is 48.9 Å². The highest BCUT2D eigenvalue weighted by Gasteiger charge is 2.33. The lowest BCUT2D eigenvalue weighted by molar-refractivity contribution is -0.141. The Morgan fingerprint density at radius 3 is 2.35 bits per heavy atom. The Labute approximate surface area is 188 Å². The SMILES string of the molecule is Cc1ncccc1-c1cc(CNC(=O)c2ccc(C(F)(F)F)nc2)cc2cc(C(F)(F)F)[nH]c12. The van der Waals surface area contributed by atoms with E-state index in [1.165, 1.54) is 6.07 Å². The number of alkyl halides is 6. The number of carbonyl (C=O) groups excluding carboxylic acids is 1. The monoisotopic (exact) mass is 478 g/mol. The Morgan fingerprint density at radius 1 is 0.971 bits per heavy atom. The van der Waals surface area contributed by atoms with Crippen LogP contribution in [0.15, 0.2) is 54.9 Å². The fourth-order valence-corrected chi connectivity index (χ4v) is 3.52. The highest BCUT2D eigenvalue weighted by Crippen LogP contribution is 2.36. The average molecular weight is 478 g/mol. The van der Waals surface area contributed by atoms with Crippen LogP contribution in [-0.4, -0.2) is 20.9 Å². The number of halogens is 6. The zero-order chi connectivity index (χ0) is 24.7. The molecule has 0 bridgehead atoms. The Bertz CT molecular complexity index is 1360. The molecule has 0 saturated carbocycles. The smallest absolute Gasteiger partial charge is 0.351 e. The van der Waals surface area contributed by atoms with E-state index >= 15 is 0 Å². The number of aryl methyl sites for hydroxylation is 1. The number of hydrogen-bond donors (Lipinski definition) is 2. The van der Waals surface area contributed by atoms with E-state index in [9.17, 15) is 31.1 Å². The zero-order valence-electron chi connectivity index (χ0n) is 17.5. The normalized spacial score (nSPS) is 12.2. The largest absolute Gasteiger partial charge is 0.433 e. The summed E-state index contributed by atoms with van der Waals surface area (Å²) in [5, 5.41) is 2.85. The van der Waals surface area contributed by atoms with Crippen molar-refractivity contribution in [1.29, 1.82) is 0 Å². The van der Waals surface area contributed by atoms with E-state index in [-0.39, 0.29) is 23.0 Å². The molecule has 5 nitrogen and oxygen atoms in total. The van der Waals surface area contributed by atoms with Crippen LogP contribution in [0.1, 0.15) is 33.0 Å². The van der Waals surface area contributed by atoms with Crippen molar-refractivity contribution in [3.05, 3.63) is 83.1 Å². The van der Waals surface area contributed by atoms with Gasteiger partial charge in [-0.3, -0.25) is 14.8 Å². The van der Waals surface area contributed by atoms with Crippen molar-refractivity contribution in [1.82, 2.24) is 20.3 Å². The molecule has 176 valence electrons. The molecule has 0 atom stereocenters. The summed E-state index contributed by atoms with van der Waals surface area (Å²) in [5.41, 5.74) is 0.322. The van der Waals surface area contributed by atoms with E-state index in [2.05, 4.69) is 20.3 Å². The summed E-state index contributed by atoms with van der Waals surface area (Å²) in [6, 6.07) is 9.20. The average Bonchev–Trinajstić information content (AvgIpc) is 3.22. The van der Waals surface area contributed by atoms with Gasteiger partial charge in [-0.25, -0.2) is 0 Å². The minimum absolute atomic E-state index is 0.0748. The molecule has 0 aliphatic rings. The van der Waals surface area contributed by atoms with E-state index in [1.807, 2.05) is 0 Å². The number of fused-ring (bicyclic) bond motifs is 1. The van der Waals surface area contributed by atoms with Crippen LogP contribution in [0.5, 0.6) is 0 Å². The first-order valence-corrected chi connectivity index (χ1v) is 9.90. The first kappa shape index (κ1) is 23.3. The summed E-state index contributed by atoms with van der Waals surface area (Å²) in [6.45, 7) is 1.65. The predicted octanol–water partition coefficient (Wildman–Crippen LogP) is 5.90. The molecule has 0 unspecified atom stereocenters. The number of benzene rings is 1. The third kappa shape index (κ3) is 4.73. The number of nitrogens with zero attached hydrogens (tertiary/aromatic N) is 2. The van der Waals surface area contributed by atoms with Gasteiger partial charge < -0.3 is 10.3 Å². The van der Waals surface area contributed by atoms with Crippen molar-refractivity contribution in [3.8, 4) is 11.1 Å². The predicted molar refractivity (Wildman–Crippen MR) is 112 cm³/mol. The van der Waals surface area contributed by atoms with Gasteiger partial charge in [0, 0.05) is 41.1 Å². The highest BCUT2D eigenvalue weighted by molar-refractivity contribution is 5.96. The van der Waals surface area contributed by atoms with Crippen molar-refractivity contribution >= 4 is 16.8 Å². The van der Waals surface area contributed by atoms with Crippen LogP contribution in [-0.2, 0) is 18.9 Å². The maximum absolute atomic E-state index is 13.3. The van der Waals surface area contributed by atoms with Crippen molar-refractivity contribution in [3.63, 3.8) is 0 Å². The molecule has 4 rings (SSSR count). The number of amides is 1. The lowest BCUT2D eigenvalue weighted by Gasteiger charge is -2.11. The summed E-state index contributed by atoms with van der Waals surface area (Å²) >= 11 is 0. The van der Waals surface area contributed by atoms with E-state index in [1.54, 1.807) is 31.3 Å². The molecule has 11 heteroatoms. The Balaban J connectivity index is 1.66. The van der Waals surface area contributed by atoms with Crippen molar-refractivity contribution in [2.45, 2.75) is 25.8 Å². The van der Waals surface area contributed by atoms with Gasteiger partial charge in [0.1, 0.15) is 11.4 Å². The van der Waals surface area contributed by atoms with E-state index < -0.39 is 29.6 Å². The summed E-state index contributed by atoms with van der Waals surface area (Å²) in [6.07, 6.45) is -6.83. The quantitative estimate of drug-likeness (QED) is 0.359.